The van der Waals surface area contributed by atoms with Gasteiger partial charge < -0.3 is 15.1 Å². The molecule has 7 nitrogen and oxygen atoms in total. The number of hydrogen-bond donors (Lipinski definition) is 2. The number of nitrogens with zero attached hydrogens (tertiary/aromatic N) is 1. The third-order valence-electron chi connectivity index (χ3n) is 4.89. The first-order valence-corrected chi connectivity index (χ1v) is 9.35. The minimum atomic E-state index is -1.39. The van der Waals surface area contributed by atoms with Gasteiger partial charge in [0.2, 0.25) is 5.91 Å². The van der Waals surface area contributed by atoms with E-state index < -0.39 is 29.9 Å². The van der Waals surface area contributed by atoms with Gasteiger partial charge in [-0.3, -0.25) is 14.5 Å². The molecule has 2 aromatic carbocycles. The van der Waals surface area contributed by atoms with Gasteiger partial charge in [0.05, 0.1) is 10.7 Å². The van der Waals surface area contributed by atoms with Crippen molar-refractivity contribution >= 4 is 46.1 Å². The number of carbonyl (C=O) groups excluding carboxylic acids is 3. The predicted molar refractivity (Wildman–Crippen MR) is 109 cm³/mol. The van der Waals surface area contributed by atoms with Gasteiger partial charge in [-0.1, -0.05) is 35.9 Å². The second kappa shape index (κ2) is 6.93. The van der Waals surface area contributed by atoms with Crippen molar-refractivity contribution in [3.8, 4) is 0 Å². The summed E-state index contributed by atoms with van der Waals surface area (Å²) in [6.07, 6.45) is 0. The highest BCUT2D eigenvalue weighted by molar-refractivity contribution is 6.33. The number of urea groups is 1. The lowest BCUT2D eigenvalue weighted by Gasteiger charge is -2.19. The summed E-state index contributed by atoms with van der Waals surface area (Å²) in [4.78, 5) is 38.7. The van der Waals surface area contributed by atoms with E-state index in [4.69, 9.17) is 16.0 Å². The van der Waals surface area contributed by atoms with Crippen LogP contribution in [-0.4, -0.2) is 29.3 Å². The zero-order valence-corrected chi connectivity index (χ0v) is 16.5. The molecule has 1 atom stereocenters. The standard InChI is InChI=1S/C21H18ClN3O4/c1-12-7-8-15(14(22)9-12)23-18(26)11-25-19(27)21(2,24-20(25)28)17-10-13-5-3-4-6-16(13)29-17/h3-10H,11H2,1-2H3,(H,23,26)(H,24,28). The molecular formula is C21H18ClN3O4. The number of para-hydroxylation sites is 1. The van der Waals surface area contributed by atoms with Crippen molar-refractivity contribution in [3.05, 3.63) is 64.9 Å². The number of amides is 4. The smallest absolute Gasteiger partial charge is 0.325 e. The quantitative estimate of drug-likeness (QED) is 0.639. The average molecular weight is 412 g/mol. The molecule has 0 bridgehead atoms. The number of rotatable bonds is 4. The molecule has 4 amide bonds. The molecule has 29 heavy (non-hydrogen) atoms. The van der Waals surface area contributed by atoms with Crippen LogP contribution in [-0.2, 0) is 15.1 Å². The highest BCUT2D eigenvalue weighted by Gasteiger charge is 2.51. The van der Waals surface area contributed by atoms with Crippen LogP contribution in [0.1, 0.15) is 18.2 Å². The Bertz CT molecular complexity index is 1120. The fourth-order valence-electron chi connectivity index (χ4n) is 3.29. The van der Waals surface area contributed by atoms with Gasteiger partial charge >= 0.3 is 6.03 Å². The second-order valence-electron chi connectivity index (χ2n) is 7.13. The molecule has 0 saturated carbocycles. The Labute approximate surface area is 171 Å². The lowest BCUT2D eigenvalue weighted by atomic mass is 9.99. The third-order valence-corrected chi connectivity index (χ3v) is 5.21. The van der Waals surface area contributed by atoms with Gasteiger partial charge in [-0.05, 0) is 43.7 Å². The highest BCUT2D eigenvalue weighted by atomic mass is 35.5. The van der Waals surface area contributed by atoms with Crippen molar-refractivity contribution in [1.82, 2.24) is 10.2 Å². The number of carbonyl (C=O) groups is 3. The molecule has 1 aliphatic heterocycles. The van der Waals surface area contributed by atoms with Crippen LogP contribution in [0.5, 0.6) is 0 Å². The molecule has 0 aliphatic carbocycles. The van der Waals surface area contributed by atoms with Crippen LogP contribution >= 0.6 is 11.6 Å². The largest absolute Gasteiger partial charge is 0.458 e. The molecule has 0 radical (unpaired) electrons. The lowest BCUT2D eigenvalue weighted by Crippen LogP contribution is -2.41. The fourth-order valence-corrected chi connectivity index (χ4v) is 3.57. The van der Waals surface area contributed by atoms with Crippen LogP contribution in [0.15, 0.2) is 52.9 Å². The topological polar surface area (TPSA) is 91.7 Å². The Morgan fingerprint density at radius 3 is 2.69 bits per heavy atom. The molecule has 3 aromatic rings. The van der Waals surface area contributed by atoms with Gasteiger partial charge in [-0.15, -0.1) is 0 Å². The number of benzene rings is 2. The highest BCUT2D eigenvalue weighted by Crippen LogP contribution is 2.33. The molecule has 0 spiro atoms. The first kappa shape index (κ1) is 19.0. The zero-order valence-electron chi connectivity index (χ0n) is 15.8. The summed E-state index contributed by atoms with van der Waals surface area (Å²) in [5, 5.41) is 6.45. The van der Waals surface area contributed by atoms with E-state index in [1.807, 2.05) is 25.1 Å². The van der Waals surface area contributed by atoms with Crippen LogP contribution < -0.4 is 10.6 Å². The van der Waals surface area contributed by atoms with Crippen molar-refractivity contribution in [2.75, 3.05) is 11.9 Å². The van der Waals surface area contributed by atoms with Crippen LogP contribution in [0.3, 0.4) is 0 Å². The number of nitrogens with one attached hydrogen (secondary N) is 2. The minimum Gasteiger partial charge on any atom is -0.458 e. The van der Waals surface area contributed by atoms with Crippen LogP contribution in [0.4, 0.5) is 10.5 Å². The van der Waals surface area contributed by atoms with E-state index in [9.17, 15) is 14.4 Å². The maximum Gasteiger partial charge on any atom is 0.325 e. The number of anilines is 1. The summed E-state index contributed by atoms with van der Waals surface area (Å²) in [5.41, 5.74) is 0.576. The van der Waals surface area contributed by atoms with Crippen molar-refractivity contribution in [2.45, 2.75) is 19.4 Å². The monoisotopic (exact) mass is 411 g/mol. The first-order valence-electron chi connectivity index (χ1n) is 8.97. The number of fused-ring (bicyclic) bond motifs is 1. The molecule has 1 fully saturated rings. The van der Waals surface area contributed by atoms with E-state index in [0.29, 0.717) is 22.1 Å². The van der Waals surface area contributed by atoms with E-state index in [2.05, 4.69) is 10.6 Å². The summed E-state index contributed by atoms with van der Waals surface area (Å²) in [6, 6.07) is 13.5. The average Bonchev–Trinajstić information content (AvgIpc) is 3.20. The summed E-state index contributed by atoms with van der Waals surface area (Å²) >= 11 is 6.12. The Morgan fingerprint density at radius 2 is 1.97 bits per heavy atom. The molecule has 148 valence electrons. The molecule has 2 heterocycles. The Kier molecular flexibility index (Phi) is 4.55. The van der Waals surface area contributed by atoms with Gasteiger partial charge in [0.1, 0.15) is 17.9 Å². The molecule has 2 N–H and O–H groups in total. The molecule has 1 unspecified atom stereocenters. The summed E-state index contributed by atoms with van der Waals surface area (Å²) in [7, 11) is 0. The number of imide groups is 1. The molecule has 1 saturated heterocycles. The van der Waals surface area contributed by atoms with Gasteiger partial charge in [0, 0.05) is 5.39 Å². The van der Waals surface area contributed by atoms with E-state index in [1.165, 1.54) is 0 Å². The Hall–Kier alpha value is -3.32. The summed E-state index contributed by atoms with van der Waals surface area (Å²) in [6.45, 7) is 2.99. The van der Waals surface area contributed by atoms with Gasteiger partial charge in [0.15, 0.2) is 5.54 Å². The molecule has 1 aromatic heterocycles. The number of furan rings is 1. The van der Waals surface area contributed by atoms with Gasteiger partial charge in [0.25, 0.3) is 5.91 Å². The number of hydrogen-bond acceptors (Lipinski definition) is 4. The van der Waals surface area contributed by atoms with E-state index in [1.54, 1.807) is 37.3 Å². The van der Waals surface area contributed by atoms with Crippen molar-refractivity contribution in [2.24, 2.45) is 0 Å². The zero-order chi connectivity index (χ0) is 20.8. The third kappa shape index (κ3) is 3.34. The number of halogens is 1. The van der Waals surface area contributed by atoms with Gasteiger partial charge in [-0.25, -0.2) is 4.79 Å². The Balaban J connectivity index is 1.53. The minimum absolute atomic E-state index is 0.307. The van der Waals surface area contributed by atoms with E-state index in [0.717, 1.165) is 15.8 Å². The molecular weight excluding hydrogens is 394 g/mol. The maximum atomic E-state index is 13.0. The molecule has 1 aliphatic rings. The first-order chi connectivity index (χ1) is 13.8. The molecule has 8 heteroatoms. The maximum absolute atomic E-state index is 13.0. The van der Waals surface area contributed by atoms with E-state index >= 15 is 0 Å². The fraction of sp³-hybridized carbons (Fsp3) is 0.190. The second-order valence-corrected chi connectivity index (χ2v) is 7.53. The van der Waals surface area contributed by atoms with Gasteiger partial charge in [-0.2, -0.15) is 0 Å². The SMILES string of the molecule is Cc1ccc(NC(=O)CN2C(=O)NC(C)(c3cc4ccccc4o3)C2=O)c(Cl)c1. The normalized spacial score (nSPS) is 18.9. The number of aryl methyl sites for hydroxylation is 1. The van der Waals surface area contributed by atoms with Crippen molar-refractivity contribution in [3.63, 3.8) is 0 Å². The molecule has 4 rings (SSSR count). The predicted octanol–water partition coefficient (Wildman–Crippen LogP) is 3.80. The lowest BCUT2D eigenvalue weighted by molar-refractivity contribution is -0.134. The van der Waals surface area contributed by atoms with E-state index in [-0.39, 0.29) is 0 Å². The van der Waals surface area contributed by atoms with Crippen molar-refractivity contribution < 1.29 is 18.8 Å². The van der Waals surface area contributed by atoms with Crippen LogP contribution in [0.2, 0.25) is 5.02 Å². The Morgan fingerprint density at radius 1 is 1.21 bits per heavy atom. The van der Waals surface area contributed by atoms with Crippen LogP contribution in [0, 0.1) is 6.92 Å². The van der Waals surface area contributed by atoms with Crippen LogP contribution in [0.25, 0.3) is 11.0 Å². The van der Waals surface area contributed by atoms with Crippen molar-refractivity contribution in [1.29, 1.82) is 0 Å². The summed E-state index contributed by atoms with van der Waals surface area (Å²) in [5.74, 6) is -0.790. The summed E-state index contributed by atoms with van der Waals surface area (Å²) < 4.78 is 5.77.